The monoisotopic (exact) mass is 194 g/mol. The Kier molecular flexibility index (Phi) is 2.02. The second-order valence-electron chi connectivity index (χ2n) is 3.62. The van der Waals surface area contributed by atoms with Gasteiger partial charge in [-0.15, -0.1) is 0 Å². The van der Waals surface area contributed by atoms with Crippen LogP contribution in [0.5, 0.6) is 0 Å². The lowest BCUT2D eigenvalue weighted by molar-refractivity contribution is -0.149. The molecule has 3 heteroatoms. The van der Waals surface area contributed by atoms with Gasteiger partial charge in [0.15, 0.2) is 11.8 Å². The number of carbonyl (C=O) groups excluding carboxylic acids is 1. The molecule has 0 aliphatic carbocycles. The normalized spacial score (nSPS) is 31.6. The molecule has 1 heterocycles. The quantitative estimate of drug-likeness (QED) is 0.640. The summed E-state index contributed by atoms with van der Waals surface area (Å²) in [6.07, 6.45) is -1.40. The average Bonchev–Trinajstić information content (AvgIpc) is 2.43. The van der Waals surface area contributed by atoms with Gasteiger partial charge in [0, 0.05) is 0 Å². The summed E-state index contributed by atoms with van der Waals surface area (Å²) in [5, 5.41) is 0. The highest BCUT2D eigenvalue weighted by molar-refractivity contribution is 5.73. The van der Waals surface area contributed by atoms with E-state index in [4.69, 9.17) is 4.74 Å². The van der Waals surface area contributed by atoms with Crippen molar-refractivity contribution in [1.29, 1.82) is 0 Å². The van der Waals surface area contributed by atoms with Gasteiger partial charge in [-0.25, -0.2) is 4.39 Å². The molecule has 0 spiro atoms. The standard InChI is InChI=1S/C11H11FO2/c1-11(8-5-3-2-4-6-8)9(12)7-10(13)14-11/h2-6,9H,7H2,1H3/t9-,11-/m0/s1. The van der Waals surface area contributed by atoms with Gasteiger partial charge >= 0.3 is 5.97 Å². The molecular weight excluding hydrogens is 183 g/mol. The van der Waals surface area contributed by atoms with Crippen molar-refractivity contribution in [2.24, 2.45) is 0 Å². The van der Waals surface area contributed by atoms with E-state index in [-0.39, 0.29) is 6.42 Å². The molecule has 0 radical (unpaired) electrons. The molecular formula is C11H11FO2. The molecule has 1 saturated heterocycles. The van der Waals surface area contributed by atoms with Crippen molar-refractivity contribution in [3.8, 4) is 0 Å². The maximum atomic E-state index is 13.6. The zero-order chi connectivity index (χ0) is 10.2. The molecule has 74 valence electrons. The predicted octanol–water partition coefficient (Wildman–Crippen LogP) is 2.19. The van der Waals surface area contributed by atoms with Crippen LogP contribution in [0.3, 0.4) is 0 Å². The SMILES string of the molecule is C[C@@]1(c2ccccc2)OC(=O)C[C@@H]1F. The Morgan fingerprint density at radius 2 is 2.07 bits per heavy atom. The number of benzene rings is 1. The summed E-state index contributed by atoms with van der Waals surface area (Å²) in [6.45, 7) is 1.61. The van der Waals surface area contributed by atoms with E-state index in [1.807, 2.05) is 6.07 Å². The van der Waals surface area contributed by atoms with Gasteiger partial charge < -0.3 is 4.74 Å². The summed E-state index contributed by atoms with van der Waals surface area (Å²) >= 11 is 0. The molecule has 14 heavy (non-hydrogen) atoms. The molecule has 0 unspecified atom stereocenters. The number of esters is 1. The molecule has 0 amide bonds. The molecule has 1 aromatic rings. The lowest BCUT2D eigenvalue weighted by Crippen LogP contribution is -2.29. The first-order chi connectivity index (χ1) is 6.63. The molecule has 0 aromatic heterocycles. The maximum absolute atomic E-state index is 13.6. The van der Waals surface area contributed by atoms with Gasteiger partial charge in [-0.2, -0.15) is 0 Å². The van der Waals surface area contributed by atoms with Gasteiger partial charge in [-0.05, 0) is 12.5 Å². The number of alkyl halides is 1. The molecule has 1 aromatic carbocycles. The third-order valence-electron chi connectivity index (χ3n) is 2.62. The van der Waals surface area contributed by atoms with Gasteiger partial charge in [0.1, 0.15) is 0 Å². The van der Waals surface area contributed by atoms with Crippen LogP contribution in [0, 0.1) is 0 Å². The number of carbonyl (C=O) groups is 1. The number of cyclic esters (lactones) is 1. The van der Waals surface area contributed by atoms with Gasteiger partial charge in [-0.1, -0.05) is 30.3 Å². The van der Waals surface area contributed by atoms with E-state index in [2.05, 4.69) is 0 Å². The second kappa shape index (κ2) is 3.08. The second-order valence-corrected chi connectivity index (χ2v) is 3.62. The Morgan fingerprint density at radius 1 is 1.43 bits per heavy atom. The van der Waals surface area contributed by atoms with E-state index in [9.17, 15) is 9.18 Å². The Labute approximate surface area is 81.7 Å². The smallest absolute Gasteiger partial charge is 0.309 e. The van der Waals surface area contributed by atoms with Crippen LogP contribution in [0.15, 0.2) is 30.3 Å². The summed E-state index contributed by atoms with van der Waals surface area (Å²) in [6, 6.07) is 8.99. The average molecular weight is 194 g/mol. The maximum Gasteiger partial charge on any atom is 0.309 e. The van der Waals surface area contributed by atoms with E-state index >= 15 is 0 Å². The number of rotatable bonds is 1. The van der Waals surface area contributed by atoms with Crippen LogP contribution in [0.25, 0.3) is 0 Å². The Bertz CT molecular complexity index is 350. The molecule has 1 aliphatic heterocycles. The fourth-order valence-electron chi connectivity index (χ4n) is 1.69. The molecule has 2 rings (SSSR count). The molecule has 2 nitrogen and oxygen atoms in total. The van der Waals surface area contributed by atoms with Gasteiger partial charge in [0.25, 0.3) is 0 Å². The number of hydrogen-bond acceptors (Lipinski definition) is 2. The predicted molar refractivity (Wildman–Crippen MR) is 49.4 cm³/mol. The van der Waals surface area contributed by atoms with Crippen LogP contribution in [0.4, 0.5) is 4.39 Å². The van der Waals surface area contributed by atoms with Crippen molar-refractivity contribution in [3.63, 3.8) is 0 Å². The zero-order valence-electron chi connectivity index (χ0n) is 7.87. The van der Waals surface area contributed by atoms with Gasteiger partial charge in [0.05, 0.1) is 6.42 Å². The van der Waals surface area contributed by atoms with Crippen molar-refractivity contribution in [2.75, 3.05) is 0 Å². The zero-order valence-corrected chi connectivity index (χ0v) is 7.87. The number of halogens is 1. The summed E-state index contributed by atoms with van der Waals surface area (Å²) in [7, 11) is 0. The first-order valence-electron chi connectivity index (χ1n) is 4.54. The Balaban J connectivity index is 2.38. The topological polar surface area (TPSA) is 26.3 Å². The van der Waals surface area contributed by atoms with E-state index in [1.54, 1.807) is 31.2 Å². The van der Waals surface area contributed by atoms with Crippen LogP contribution in [-0.4, -0.2) is 12.1 Å². The highest BCUT2D eigenvalue weighted by Crippen LogP contribution is 2.38. The van der Waals surface area contributed by atoms with Crippen molar-refractivity contribution >= 4 is 5.97 Å². The Hall–Kier alpha value is -1.38. The molecule has 1 aliphatic rings. The molecule has 0 bridgehead atoms. The first kappa shape index (κ1) is 9.19. The molecule has 0 saturated carbocycles. The molecule has 0 N–H and O–H groups in total. The van der Waals surface area contributed by atoms with E-state index < -0.39 is 17.7 Å². The molecule has 1 fully saturated rings. The van der Waals surface area contributed by atoms with Crippen LogP contribution >= 0.6 is 0 Å². The van der Waals surface area contributed by atoms with Crippen LogP contribution in [0.1, 0.15) is 18.9 Å². The fourth-order valence-corrected chi connectivity index (χ4v) is 1.69. The first-order valence-corrected chi connectivity index (χ1v) is 4.54. The minimum absolute atomic E-state index is 0.147. The largest absolute Gasteiger partial charge is 0.451 e. The van der Waals surface area contributed by atoms with Crippen LogP contribution in [-0.2, 0) is 15.1 Å². The summed E-state index contributed by atoms with van der Waals surface area (Å²) in [5.41, 5.74) is -0.392. The summed E-state index contributed by atoms with van der Waals surface area (Å²) < 4.78 is 18.6. The van der Waals surface area contributed by atoms with E-state index in [0.717, 1.165) is 0 Å². The number of ether oxygens (including phenoxy) is 1. The van der Waals surface area contributed by atoms with Crippen molar-refractivity contribution < 1.29 is 13.9 Å². The van der Waals surface area contributed by atoms with Gasteiger partial charge in [0.2, 0.25) is 0 Å². The fraction of sp³-hybridized carbons (Fsp3) is 0.364. The van der Waals surface area contributed by atoms with Crippen molar-refractivity contribution in [3.05, 3.63) is 35.9 Å². The Morgan fingerprint density at radius 3 is 2.57 bits per heavy atom. The van der Waals surface area contributed by atoms with Crippen LogP contribution in [0.2, 0.25) is 0 Å². The minimum Gasteiger partial charge on any atom is -0.451 e. The summed E-state index contributed by atoms with van der Waals surface area (Å²) in [4.78, 5) is 11.0. The lowest BCUT2D eigenvalue weighted by atomic mass is 9.91. The van der Waals surface area contributed by atoms with Crippen molar-refractivity contribution in [1.82, 2.24) is 0 Å². The summed E-state index contributed by atoms with van der Waals surface area (Å²) in [5.74, 6) is -0.469. The third kappa shape index (κ3) is 1.29. The lowest BCUT2D eigenvalue weighted by Gasteiger charge is -2.25. The minimum atomic E-state index is -1.25. The van der Waals surface area contributed by atoms with Crippen molar-refractivity contribution in [2.45, 2.75) is 25.1 Å². The van der Waals surface area contributed by atoms with E-state index in [1.165, 1.54) is 0 Å². The molecule has 2 atom stereocenters. The number of hydrogen-bond donors (Lipinski definition) is 0. The van der Waals surface area contributed by atoms with E-state index in [0.29, 0.717) is 5.56 Å². The van der Waals surface area contributed by atoms with Gasteiger partial charge in [-0.3, -0.25) is 4.79 Å². The highest BCUT2D eigenvalue weighted by atomic mass is 19.1. The van der Waals surface area contributed by atoms with Crippen LogP contribution < -0.4 is 0 Å². The third-order valence-corrected chi connectivity index (χ3v) is 2.62. The highest BCUT2D eigenvalue weighted by Gasteiger charge is 2.47.